The lowest BCUT2D eigenvalue weighted by atomic mass is 10.0. The number of primary amides is 1. The monoisotopic (exact) mass is 848 g/mol. The van der Waals surface area contributed by atoms with Gasteiger partial charge in [0.1, 0.15) is 25.3 Å². The predicted octanol–water partition coefficient (Wildman–Crippen LogP) is 8.11. The van der Waals surface area contributed by atoms with E-state index < -0.39 is 82.1 Å². The first-order valence-electron chi connectivity index (χ1n) is 22.7. The van der Waals surface area contributed by atoms with Gasteiger partial charge in [-0.25, -0.2) is 0 Å². The second-order valence-electron chi connectivity index (χ2n) is 15.7. The molecule has 0 radical (unpaired) electrons. The molecule has 0 aromatic carbocycles. The van der Waals surface area contributed by atoms with Gasteiger partial charge in [0, 0.05) is 19.3 Å². The van der Waals surface area contributed by atoms with E-state index in [0.717, 1.165) is 38.5 Å². The Hall–Kier alpha value is -2.54. The molecule has 4 atom stereocenters. The van der Waals surface area contributed by atoms with Crippen LogP contribution in [-0.2, 0) is 42.7 Å². The molecule has 15 heteroatoms. The average Bonchev–Trinajstić information content (AvgIpc) is 3.20. The Labute approximate surface area is 350 Å². The summed E-state index contributed by atoms with van der Waals surface area (Å²) in [5.74, 6) is -4.16. The molecule has 0 bridgehead atoms. The number of esters is 3. The predicted molar refractivity (Wildman–Crippen MR) is 228 cm³/mol. The van der Waals surface area contributed by atoms with Crippen molar-refractivity contribution in [2.75, 3.05) is 19.8 Å². The van der Waals surface area contributed by atoms with Crippen LogP contribution in [0, 0.1) is 0 Å². The zero-order chi connectivity index (χ0) is 43.2. The molecular weight excluding hydrogens is 765 g/mol. The third kappa shape index (κ3) is 31.4. The number of carbonyl (C=O) groups excluding carboxylic acids is 5. The van der Waals surface area contributed by atoms with E-state index in [1.807, 2.05) is 0 Å². The lowest BCUT2D eigenvalue weighted by Crippen LogP contribution is -2.51. The van der Waals surface area contributed by atoms with Crippen molar-refractivity contribution in [2.24, 2.45) is 11.5 Å². The van der Waals surface area contributed by atoms with Crippen LogP contribution in [0.25, 0.3) is 0 Å². The van der Waals surface area contributed by atoms with Gasteiger partial charge in [-0.2, -0.15) is 0 Å². The number of unbranched alkanes of at least 4 members (excludes halogenated alkanes) is 24. The van der Waals surface area contributed by atoms with Gasteiger partial charge < -0.3 is 35.7 Å². The van der Waals surface area contributed by atoms with Gasteiger partial charge in [0.2, 0.25) is 11.8 Å². The van der Waals surface area contributed by atoms with Crippen LogP contribution in [0.5, 0.6) is 0 Å². The van der Waals surface area contributed by atoms with Crippen molar-refractivity contribution in [3.8, 4) is 0 Å². The molecule has 0 rings (SSSR count). The number of carbonyl (C=O) groups is 5. The number of nitrogens with two attached hydrogens (primary N) is 2. The van der Waals surface area contributed by atoms with E-state index in [4.69, 9.17) is 25.7 Å². The summed E-state index contributed by atoms with van der Waals surface area (Å²) in [5.41, 5.74) is 10.9. The van der Waals surface area contributed by atoms with Gasteiger partial charge in [0.05, 0.1) is 6.61 Å². The fourth-order valence-corrected chi connectivity index (χ4v) is 7.62. The molecule has 0 aliphatic heterocycles. The molecule has 0 heterocycles. The van der Waals surface area contributed by atoms with Gasteiger partial charge in [-0.05, 0) is 19.3 Å². The van der Waals surface area contributed by atoms with Crippen LogP contribution in [-0.4, -0.2) is 82.4 Å². The summed E-state index contributed by atoms with van der Waals surface area (Å²) in [6.07, 6.45) is 28.9. The normalized spacial score (nSPS) is 13.3. The fourth-order valence-electron chi connectivity index (χ4n) is 6.74. The fraction of sp³-hybridized carbons (Fsp3) is 0.884. The van der Waals surface area contributed by atoms with Gasteiger partial charge in [0.25, 0.3) is 8.18 Å². The molecule has 0 aliphatic carbocycles. The third-order valence-corrected chi connectivity index (χ3v) is 11.3. The van der Waals surface area contributed by atoms with Gasteiger partial charge in [0.15, 0.2) is 6.10 Å². The van der Waals surface area contributed by atoms with Crippen molar-refractivity contribution >= 4 is 37.9 Å². The first-order valence-corrected chi connectivity index (χ1v) is 24.0. The lowest BCUT2D eigenvalue weighted by molar-refractivity contribution is -0.167. The van der Waals surface area contributed by atoms with Gasteiger partial charge in [-0.15, -0.1) is 0 Å². The number of ether oxygens (including phenoxy) is 3. The number of amides is 2. The summed E-state index contributed by atoms with van der Waals surface area (Å²) in [6.45, 7) is 2.86. The van der Waals surface area contributed by atoms with Crippen LogP contribution in [0.2, 0.25) is 0 Å². The Morgan fingerprint density at radius 2 is 0.914 bits per heavy atom. The summed E-state index contributed by atoms with van der Waals surface area (Å²) < 4.78 is 28.5. The molecular formula is C43H82N3O11P. The summed E-state index contributed by atoms with van der Waals surface area (Å²) in [6, 6.07) is -3.24. The molecule has 0 aromatic heterocycles. The zero-order valence-corrected chi connectivity index (χ0v) is 37.2. The third-order valence-electron chi connectivity index (χ3n) is 10.3. The summed E-state index contributed by atoms with van der Waals surface area (Å²) in [7, 11) is -3.83. The Balaban J connectivity index is 4.85. The summed E-state index contributed by atoms with van der Waals surface area (Å²) in [4.78, 5) is 72.2. The maximum atomic E-state index is 12.8. The van der Waals surface area contributed by atoms with Crippen LogP contribution < -0.4 is 11.5 Å². The highest BCUT2D eigenvalue weighted by molar-refractivity contribution is 7.36. The van der Waals surface area contributed by atoms with Gasteiger partial charge in [-0.1, -0.05) is 168 Å². The maximum absolute atomic E-state index is 12.8. The Morgan fingerprint density at radius 1 is 0.569 bits per heavy atom. The highest BCUT2D eigenvalue weighted by atomic mass is 31.1. The first-order chi connectivity index (χ1) is 28.0. The Kier molecular flexibility index (Phi) is 37.0. The molecule has 0 spiro atoms. The quantitative estimate of drug-likeness (QED) is 0.0198. The van der Waals surface area contributed by atoms with E-state index in [1.54, 1.807) is 0 Å². The zero-order valence-electron chi connectivity index (χ0n) is 36.2. The highest BCUT2D eigenvalue weighted by Gasteiger charge is 2.35. The number of aliphatic hydroxyl groups is 1. The molecule has 2 amide bonds. The van der Waals surface area contributed by atoms with E-state index in [0.29, 0.717) is 12.8 Å². The first kappa shape index (κ1) is 55.5. The van der Waals surface area contributed by atoms with Crippen LogP contribution in [0.3, 0.4) is 0 Å². The van der Waals surface area contributed by atoms with E-state index >= 15 is 0 Å². The van der Waals surface area contributed by atoms with Crippen molar-refractivity contribution in [3.05, 3.63) is 0 Å². The molecule has 0 saturated heterocycles. The second kappa shape index (κ2) is 38.6. The van der Waals surface area contributed by atoms with E-state index in [-0.39, 0.29) is 24.1 Å². The largest absolute Gasteiger partial charge is 0.462 e. The number of rotatable bonds is 41. The average molecular weight is 848 g/mol. The van der Waals surface area contributed by atoms with Gasteiger partial charge >= 0.3 is 17.9 Å². The van der Waals surface area contributed by atoms with Crippen LogP contribution in [0.1, 0.15) is 206 Å². The molecule has 0 fully saturated rings. The molecule has 14 nitrogen and oxygen atoms in total. The Bertz CT molecular complexity index is 1110. The van der Waals surface area contributed by atoms with Crippen molar-refractivity contribution in [1.29, 1.82) is 0 Å². The number of nitrogens with zero attached hydrogens (tertiary/aromatic N) is 1. The molecule has 0 aromatic rings. The minimum absolute atomic E-state index is 0.162. The minimum atomic E-state index is -3.83. The van der Waals surface area contributed by atoms with E-state index in [1.165, 1.54) is 116 Å². The van der Waals surface area contributed by atoms with Crippen LogP contribution in [0.15, 0.2) is 0 Å². The number of hydrogen-bond acceptors (Lipinski definition) is 11. The standard InChI is InChI=1S/C43H82N3O11P/c1-3-5-7-9-11-13-15-17-19-21-23-25-27-29-39(48)55-34-36(57-41(50)30-28-26-24-22-20-18-16-14-12-10-8-6-4-2)35-56-40(49)32-31-38(42(45)51)46(58(53)54)43(52)37(44)33-47/h36-38,47,58H,3-35,44H2,1-2H3,(H2,45,51)(H,53,54)/t36?,37-,38+/m0/s1. The molecule has 340 valence electrons. The van der Waals surface area contributed by atoms with Gasteiger partial charge in [-0.3, -0.25) is 33.2 Å². The van der Waals surface area contributed by atoms with E-state index in [9.17, 15) is 38.5 Å². The smallest absolute Gasteiger partial charge is 0.306 e. The highest BCUT2D eigenvalue weighted by Crippen LogP contribution is 2.28. The maximum Gasteiger partial charge on any atom is 0.306 e. The molecule has 2 unspecified atom stereocenters. The van der Waals surface area contributed by atoms with Crippen molar-refractivity contribution in [2.45, 2.75) is 225 Å². The van der Waals surface area contributed by atoms with Crippen molar-refractivity contribution in [1.82, 2.24) is 4.67 Å². The lowest BCUT2D eigenvalue weighted by Gasteiger charge is -2.28. The minimum Gasteiger partial charge on any atom is -0.462 e. The topological polar surface area (TPSA) is 226 Å². The molecule has 0 saturated carbocycles. The summed E-state index contributed by atoms with van der Waals surface area (Å²) in [5, 5.41) is 9.20. The van der Waals surface area contributed by atoms with E-state index in [2.05, 4.69) is 13.8 Å². The van der Waals surface area contributed by atoms with Crippen LogP contribution >= 0.6 is 8.18 Å². The van der Waals surface area contributed by atoms with Crippen LogP contribution in [0.4, 0.5) is 0 Å². The second-order valence-corrected chi connectivity index (χ2v) is 16.7. The molecule has 0 aliphatic rings. The summed E-state index contributed by atoms with van der Waals surface area (Å²) >= 11 is 0. The molecule has 58 heavy (non-hydrogen) atoms. The van der Waals surface area contributed by atoms with Crippen molar-refractivity contribution in [3.63, 3.8) is 0 Å². The Morgan fingerprint density at radius 3 is 1.26 bits per heavy atom. The molecule has 6 N–H and O–H groups in total. The SMILES string of the molecule is CCCCCCCCCCCCCCCC(=O)OCC(COC(=O)CC[C@H](C(N)=O)N(C(=O)[C@@H](N)CO)[PH](=O)O)OC(=O)CCCCCCCCCCCCCCC. The number of hydrogen-bond donors (Lipinski definition) is 4. The van der Waals surface area contributed by atoms with Crippen molar-refractivity contribution < 1.29 is 52.7 Å². The number of aliphatic hydroxyl groups excluding tert-OH is 1.